The lowest BCUT2D eigenvalue weighted by Gasteiger charge is -2.42. The summed E-state index contributed by atoms with van der Waals surface area (Å²) in [4.78, 5) is 12.3. The minimum Gasteiger partial charge on any atom is -0.370 e. The largest absolute Gasteiger partial charge is 0.370 e. The van der Waals surface area contributed by atoms with Crippen molar-refractivity contribution in [3.8, 4) is 0 Å². The summed E-state index contributed by atoms with van der Waals surface area (Å²) < 4.78 is 5.47. The summed E-state index contributed by atoms with van der Waals surface area (Å²) in [6.07, 6.45) is 7.67. The molecule has 2 aliphatic carbocycles. The molecule has 0 N–H and O–H groups in total. The molecule has 2 aliphatic rings. The predicted molar refractivity (Wildman–Crippen MR) is 59.7 cm³/mol. The first-order valence-corrected chi connectivity index (χ1v) is 6.27. The van der Waals surface area contributed by atoms with Crippen molar-refractivity contribution >= 4 is 5.78 Å². The third-order valence-electron chi connectivity index (χ3n) is 4.39. The fourth-order valence-corrected chi connectivity index (χ4v) is 2.94. The zero-order valence-corrected chi connectivity index (χ0v) is 9.92. The lowest BCUT2D eigenvalue weighted by Crippen LogP contribution is -2.50. The molecule has 0 aromatic carbocycles. The second kappa shape index (κ2) is 4.25. The Bertz CT molecular complexity index is 229. The first-order chi connectivity index (χ1) is 7.18. The molecule has 0 heterocycles. The van der Waals surface area contributed by atoms with E-state index in [0.29, 0.717) is 11.7 Å². The molecule has 0 radical (unpaired) electrons. The van der Waals surface area contributed by atoms with Crippen LogP contribution >= 0.6 is 0 Å². The highest BCUT2D eigenvalue weighted by molar-refractivity contribution is 5.90. The Labute approximate surface area is 92.4 Å². The molecule has 0 spiro atoms. The second-order valence-electron chi connectivity index (χ2n) is 5.37. The van der Waals surface area contributed by atoms with Gasteiger partial charge in [-0.05, 0) is 38.0 Å². The van der Waals surface area contributed by atoms with Gasteiger partial charge >= 0.3 is 0 Å². The number of hydrogen-bond acceptors (Lipinski definition) is 2. The van der Waals surface area contributed by atoms with Crippen LogP contribution in [0.15, 0.2) is 0 Å². The molecule has 0 amide bonds. The van der Waals surface area contributed by atoms with Gasteiger partial charge in [0.2, 0.25) is 0 Å². The highest BCUT2D eigenvalue weighted by Gasteiger charge is 2.47. The molecule has 0 bridgehead atoms. The summed E-state index contributed by atoms with van der Waals surface area (Å²) in [7, 11) is 1.70. The number of ether oxygens (including phenoxy) is 1. The van der Waals surface area contributed by atoms with E-state index in [1.807, 2.05) is 0 Å². The van der Waals surface area contributed by atoms with Gasteiger partial charge in [0.05, 0.1) is 0 Å². The van der Waals surface area contributed by atoms with Gasteiger partial charge in [-0.25, -0.2) is 0 Å². The van der Waals surface area contributed by atoms with Crippen LogP contribution in [0.4, 0.5) is 0 Å². The van der Waals surface area contributed by atoms with Gasteiger partial charge in [-0.3, -0.25) is 4.79 Å². The van der Waals surface area contributed by atoms with E-state index >= 15 is 0 Å². The number of ketones is 1. The molecule has 2 fully saturated rings. The maximum Gasteiger partial charge on any atom is 0.167 e. The predicted octanol–water partition coefficient (Wildman–Crippen LogP) is 2.95. The van der Waals surface area contributed by atoms with Crippen molar-refractivity contribution < 1.29 is 9.53 Å². The lowest BCUT2D eigenvalue weighted by atomic mass is 9.69. The molecule has 0 aromatic rings. The molecule has 2 nitrogen and oxygen atoms in total. The highest BCUT2D eigenvalue weighted by atomic mass is 16.5. The van der Waals surface area contributed by atoms with Crippen LogP contribution in [0, 0.1) is 11.8 Å². The van der Waals surface area contributed by atoms with Crippen LogP contribution in [0.1, 0.15) is 51.9 Å². The summed E-state index contributed by atoms with van der Waals surface area (Å²) in [5, 5.41) is 0. The summed E-state index contributed by atoms with van der Waals surface area (Å²) in [6.45, 7) is 2.29. The van der Waals surface area contributed by atoms with Crippen LogP contribution in [0.25, 0.3) is 0 Å². The van der Waals surface area contributed by atoms with Crippen molar-refractivity contribution in [3.63, 3.8) is 0 Å². The van der Waals surface area contributed by atoms with Crippen LogP contribution < -0.4 is 0 Å². The summed E-state index contributed by atoms with van der Waals surface area (Å²) in [6, 6.07) is 0. The molecule has 0 unspecified atom stereocenters. The minimum absolute atomic E-state index is 0.293. The molecule has 0 aliphatic heterocycles. The Morgan fingerprint density at radius 1 is 1.20 bits per heavy atom. The lowest BCUT2D eigenvalue weighted by molar-refractivity contribution is -0.157. The van der Waals surface area contributed by atoms with Crippen molar-refractivity contribution in [1.29, 1.82) is 0 Å². The van der Waals surface area contributed by atoms with E-state index in [-0.39, 0.29) is 5.60 Å². The van der Waals surface area contributed by atoms with E-state index in [0.717, 1.165) is 38.0 Å². The van der Waals surface area contributed by atoms with E-state index in [2.05, 4.69) is 6.92 Å². The van der Waals surface area contributed by atoms with Crippen LogP contribution in [-0.2, 0) is 9.53 Å². The van der Waals surface area contributed by atoms with E-state index in [4.69, 9.17) is 4.74 Å². The molecular formula is C13H22O2. The number of Topliss-reactive ketones (excluding diaryl/α,β-unsaturated/α-hetero) is 1. The van der Waals surface area contributed by atoms with Crippen molar-refractivity contribution in [3.05, 3.63) is 0 Å². The zero-order chi connectivity index (χ0) is 10.9. The van der Waals surface area contributed by atoms with E-state index < -0.39 is 0 Å². The summed E-state index contributed by atoms with van der Waals surface area (Å²) >= 11 is 0. The molecule has 0 aromatic heterocycles. The van der Waals surface area contributed by atoms with Crippen molar-refractivity contribution in [2.24, 2.45) is 11.8 Å². The van der Waals surface area contributed by atoms with Crippen LogP contribution in [0.5, 0.6) is 0 Å². The zero-order valence-electron chi connectivity index (χ0n) is 9.92. The molecule has 2 heteroatoms. The monoisotopic (exact) mass is 210 g/mol. The topological polar surface area (TPSA) is 26.3 Å². The smallest absolute Gasteiger partial charge is 0.167 e. The van der Waals surface area contributed by atoms with Gasteiger partial charge in [-0.2, -0.15) is 0 Å². The van der Waals surface area contributed by atoms with E-state index in [1.165, 1.54) is 12.8 Å². The van der Waals surface area contributed by atoms with Gasteiger partial charge in [0.25, 0.3) is 0 Å². The third-order valence-corrected chi connectivity index (χ3v) is 4.39. The van der Waals surface area contributed by atoms with Gasteiger partial charge in [0, 0.05) is 13.0 Å². The minimum atomic E-state index is -0.370. The van der Waals surface area contributed by atoms with E-state index in [9.17, 15) is 4.79 Å². The highest BCUT2D eigenvalue weighted by Crippen LogP contribution is 2.41. The maximum atomic E-state index is 12.3. The number of rotatable bonds is 3. The van der Waals surface area contributed by atoms with Gasteiger partial charge in [0.1, 0.15) is 5.60 Å². The molecule has 86 valence electrons. The molecule has 2 rings (SSSR count). The first-order valence-electron chi connectivity index (χ1n) is 6.27. The Morgan fingerprint density at radius 2 is 1.80 bits per heavy atom. The number of hydrogen-bond donors (Lipinski definition) is 0. The van der Waals surface area contributed by atoms with Gasteiger partial charge in [-0.1, -0.05) is 19.8 Å². The maximum absolute atomic E-state index is 12.3. The fraction of sp³-hybridized carbons (Fsp3) is 0.923. The normalized spacial score (nSPS) is 34.5. The number of methoxy groups -OCH3 is 1. The second-order valence-corrected chi connectivity index (χ2v) is 5.37. The standard InChI is InChI=1S/C13H22O2/c1-10-4-6-11(7-5-10)12(14)13(15-2)8-3-9-13/h10-11H,3-9H2,1-2H3. The quantitative estimate of drug-likeness (QED) is 0.716. The van der Waals surface area contributed by atoms with Crippen molar-refractivity contribution in [2.45, 2.75) is 57.5 Å². The average molecular weight is 210 g/mol. The average Bonchev–Trinajstić information content (AvgIpc) is 2.18. The molecular weight excluding hydrogens is 188 g/mol. The molecule has 0 atom stereocenters. The third kappa shape index (κ3) is 1.96. The van der Waals surface area contributed by atoms with Crippen LogP contribution in [-0.4, -0.2) is 18.5 Å². The molecule has 2 saturated carbocycles. The number of carbonyl (C=O) groups excluding carboxylic acids is 1. The van der Waals surface area contributed by atoms with E-state index in [1.54, 1.807) is 7.11 Å². The Balaban J connectivity index is 1.95. The fourth-order valence-electron chi connectivity index (χ4n) is 2.94. The molecule has 15 heavy (non-hydrogen) atoms. The summed E-state index contributed by atoms with van der Waals surface area (Å²) in [5.41, 5.74) is -0.370. The Morgan fingerprint density at radius 3 is 2.20 bits per heavy atom. The van der Waals surface area contributed by atoms with Gasteiger partial charge < -0.3 is 4.74 Å². The van der Waals surface area contributed by atoms with Crippen molar-refractivity contribution in [1.82, 2.24) is 0 Å². The van der Waals surface area contributed by atoms with Crippen molar-refractivity contribution in [2.75, 3.05) is 7.11 Å². The molecule has 0 saturated heterocycles. The number of carbonyl (C=O) groups is 1. The SMILES string of the molecule is COC1(C(=O)C2CCC(C)CC2)CCC1. The Kier molecular flexibility index (Phi) is 3.15. The van der Waals surface area contributed by atoms with Gasteiger partial charge in [0.15, 0.2) is 5.78 Å². The first kappa shape index (κ1) is 11.1. The van der Waals surface area contributed by atoms with Gasteiger partial charge in [-0.15, -0.1) is 0 Å². The van der Waals surface area contributed by atoms with Crippen LogP contribution in [0.2, 0.25) is 0 Å². The van der Waals surface area contributed by atoms with Crippen LogP contribution in [0.3, 0.4) is 0 Å². The summed E-state index contributed by atoms with van der Waals surface area (Å²) in [5.74, 6) is 1.51. The Hall–Kier alpha value is -0.370.